The maximum atomic E-state index is 11.8. The van der Waals surface area contributed by atoms with Gasteiger partial charge in [0.1, 0.15) is 0 Å². The van der Waals surface area contributed by atoms with Crippen LogP contribution in [-0.4, -0.2) is 26.3 Å². The van der Waals surface area contributed by atoms with Crippen LogP contribution in [0.3, 0.4) is 0 Å². The molecule has 1 aliphatic rings. The predicted octanol–water partition coefficient (Wildman–Crippen LogP) is 0.688. The lowest BCUT2D eigenvalue weighted by atomic mass is 10.1. The molecule has 0 aliphatic carbocycles. The summed E-state index contributed by atoms with van der Waals surface area (Å²) < 4.78 is 2.04. The van der Waals surface area contributed by atoms with Crippen molar-refractivity contribution in [2.24, 2.45) is 0 Å². The van der Waals surface area contributed by atoms with E-state index in [4.69, 9.17) is 0 Å². The van der Waals surface area contributed by atoms with Gasteiger partial charge < -0.3 is 14.9 Å². The van der Waals surface area contributed by atoms with Crippen molar-refractivity contribution in [3.63, 3.8) is 0 Å². The quantitative estimate of drug-likeness (QED) is 0.816. The maximum Gasteiger partial charge on any atom is 0.192 e. The van der Waals surface area contributed by atoms with Crippen molar-refractivity contribution in [1.82, 2.24) is 25.1 Å². The summed E-state index contributed by atoms with van der Waals surface area (Å²) in [6, 6.07) is 1.73. The number of pyridine rings is 1. The number of H-pyrrole nitrogens is 1. The van der Waals surface area contributed by atoms with E-state index >= 15 is 0 Å². The molecule has 0 bridgehead atoms. The molecule has 0 radical (unpaired) electrons. The van der Waals surface area contributed by atoms with Crippen molar-refractivity contribution < 1.29 is 0 Å². The minimum Gasteiger partial charge on any atom is -0.367 e. The Morgan fingerprint density at radius 2 is 2.39 bits per heavy atom. The zero-order chi connectivity index (χ0) is 12.5. The zero-order valence-corrected chi connectivity index (χ0v) is 10.2. The smallest absolute Gasteiger partial charge is 0.192 e. The van der Waals surface area contributed by atoms with E-state index in [1.165, 1.54) is 6.07 Å². The standard InChI is InChI=1S/C12H15N5O/c1-2-9-12-16-15-11(17(12)6-5-14-9)8-7-13-4-3-10(8)18/h3-4,7,9,14H,2,5-6H2,1H3,(H,13,18). The molecule has 1 unspecified atom stereocenters. The van der Waals surface area contributed by atoms with Gasteiger partial charge in [0.15, 0.2) is 17.1 Å². The molecule has 0 fully saturated rings. The summed E-state index contributed by atoms with van der Waals surface area (Å²) >= 11 is 0. The minimum absolute atomic E-state index is 0.0319. The summed E-state index contributed by atoms with van der Waals surface area (Å²) in [5.41, 5.74) is 0.545. The van der Waals surface area contributed by atoms with Crippen LogP contribution in [0, 0.1) is 0 Å². The van der Waals surface area contributed by atoms with Crippen LogP contribution in [0.15, 0.2) is 23.3 Å². The molecular formula is C12H15N5O. The molecular weight excluding hydrogens is 230 g/mol. The summed E-state index contributed by atoms with van der Waals surface area (Å²) in [6.07, 6.45) is 4.27. The van der Waals surface area contributed by atoms with Gasteiger partial charge >= 0.3 is 0 Å². The van der Waals surface area contributed by atoms with Gasteiger partial charge in [-0.2, -0.15) is 0 Å². The van der Waals surface area contributed by atoms with Crippen molar-refractivity contribution >= 4 is 0 Å². The van der Waals surface area contributed by atoms with Gasteiger partial charge in [0.25, 0.3) is 0 Å². The first-order valence-electron chi connectivity index (χ1n) is 6.15. The van der Waals surface area contributed by atoms with Crippen LogP contribution in [-0.2, 0) is 6.54 Å². The molecule has 2 N–H and O–H groups in total. The van der Waals surface area contributed by atoms with Crippen LogP contribution >= 0.6 is 0 Å². The largest absolute Gasteiger partial charge is 0.367 e. The molecule has 3 heterocycles. The number of rotatable bonds is 2. The highest BCUT2D eigenvalue weighted by molar-refractivity contribution is 5.53. The summed E-state index contributed by atoms with van der Waals surface area (Å²) in [7, 11) is 0. The van der Waals surface area contributed by atoms with Gasteiger partial charge in [-0.05, 0) is 6.42 Å². The van der Waals surface area contributed by atoms with Gasteiger partial charge in [-0.3, -0.25) is 4.79 Å². The van der Waals surface area contributed by atoms with Crippen LogP contribution in [0.2, 0.25) is 0 Å². The highest BCUT2D eigenvalue weighted by Gasteiger charge is 2.24. The van der Waals surface area contributed by atoms with E-state index in [0.29, 0.717) is 11.4 Å². The highest BCUT2D eigenvalue weighted by Crippen LogP contribution is 2.22. The zero-order valence-electron chi connectivity index (χ0n) is 10.2. The number of hydrogen-bond donors (Lipinski definition) is 2. The molecule has 18 heavy (non-hydrogen) atoms. The van der Waals surface area contributed by atoms with Crippen LogP contribution in [0.5, 0.6) is 0 Å². The van der Waals surface area contributed by atoms with Gasteiger partial charge in [-0.15, -0.1) is 10.2 Å². The second-order valence-electron chi connectivity index (χ2n) is 4.37. The second-order valence-corrected chi connectivity index (χ2v) is 4.37. The van der Waals surface area contributed by atoms with E-state index in [-0.39, 0.29) is 11.5 Å². The Morgan fingerprint density at radius 1 is 1.50 bits per heavy atom. The van der Waals surface area contributed by atoms with Crippen LogP contribution in [0.1, 0.15) is 25.2 Å². The van der Waals surface area contributed by atoms with Gasteiger partial charge in [-0.1, -0.05) is 6.92 Å². The average molecular weight is 245 g/mol. The average Bonchev–Trinajstić information content (AvgIpc) is 2.83. The number of aromatic nitrogens is 4. The predicted molar refractivity (Wildman–Crippen MR) is 67.1 cm³/mol. The Balaban J connectivity index is 2.13. The lowest BCUT2D eigenvalue weighted by Crippen LogP contribution is -2.33. The molecule has 6 heteroatoms. The number of hydrogen-bond acceptors (Lipinski definition) is 4. The van der Waals surface area contributed by atoms with Gasteiger partial charge in [0.2, 0.25) is 0 Å². The first-order valence-corrected chi connectivity index (χ1v) is 6.15. The van der Waals surface area contributed by atoms with E-state index in [9.17, 15) is 4.79 Å². The summed E-state index contributed by atoms with van der Waals surface area (Å²) in [5.74, 6) is 1.58. The third-order valence-corrected chi connectivity index (χ3v) is 3.29. The first-order chi connectivity index (χ1) is 8.81. The van der Waals surface area contributed by atoms with Crippen molar-refractivity contribution in [1.29, 1.82) is 0 Å². The molecule has 0 saturated carbocycles. The fraction of sp³-hybridized carbons (Fsp3) is 0.417. The molecule has 3 rings (SSSR count). The lowest BCUT2D eigenvalue weighted by molar-refractivity contribution is 0.407. The maximum absolute atomic E-state index is 11.8. The third kappa shape index (κ3) is 1.65. The normalized spacial score (nSPS) is 18.6. The molecule has 1 atom stereocenters. The molecule has 0 saturated heterocycles. The first kappa shape index (κ1) is 11.2. The van der Waals surface area contributed by atoms with Gasteiger partial charge in [0.05, 0.1) is 11.6 Å². The molecule has 2 aromatic heterocycles. The van der Waals surface area contributed by atoms with Gasteiger partial charge in [-0.25, -0.2) is 0 Å². The molecule has 6 nitrogen and oxygen atoms in total. The summed E-state index contributed by atoms with van der Waals surface area (Å²) in [4.78, 5) is 14.8. The SMILES string of the molecule is CCC1NCCn2c(-c3c[nH]ccc3=O)nnc21. The Morgan fingerprint density at radius 3 is 3.17 bits per heavy atom. The fourth-order valence-corrected chi connectivity index (χ4v) is 2.35. The van der Waals surface area contributed by atoms with Crippen LogP contribution in [0.25, 0.3) is 11.4 Å². The van der Waals surface area contributed by atoms with Crippen molar-refractivity contribution in [3.05, 3.63) is 34.5 Å². The minimum atomic E-state index is -0.0319. The Labute approximate surface area is 104 Å². The Kier molecular flexibility index (Phi) is 2.71. The second kappa shape index (κ2) is 4.38. The van der Waals surface area contributed by atoms with E-state index in [1.807, 2.05) is 4.57 Å². The lowest BCUT2D eigenvalue weighted by Gasteiger charge is -2.23. The van der Waals surface area contributed by atoms with E-state index in [2.05, 4.69) is 27.4 Å². The Bertz CT molecular complexity index is 615. The topological polar surface area (TPSA) is 75.6 Å². The number of nitrogens with zero attached hydrogens (tertiary/aromatic N) is 3. The van der Waals surface area contributed by atoms with Gasteiger partial charge in [0, 0.05) is 31.5 Å². The molecule has 1 aliphatic heterocycles. The molecule has 0 aromatic carbocycles. The van der Waals surface area contributed by atoms with Crippen LogP contribution < -0.4 is 10.7 Å². The molecule has 2 aromatic rings. The summed E-state index contributed by atoms with van der Waals surface area (Å²) in [6.45, 7) is 3.78. The highest BCUT2D eigenvalue weighted by atomic mass is 16.1. The van der Waals surface area contributed by atoms with Crippen molar-refractivity contribution in [2.45, 2.75) is 25.9 Å². The Hall–Kier alpha value is -1.95. The monoisotopic (exact) mass is 245 g/mol. The molecule has 0 amide bonds. The van der Waals surface area contributed by atoms with E-state index in [0.717, 1.165) is 25.3 Å². The van der Waals surface area contributed by atoms with Crippen LogP contribution in [0.4, 0.5) is 0 Å². The van der Waals surface area contributed by atoms with Crippen molar-refractivity contribution in [3.8, 4) is 11.4 Å². The molecule has 0 spiro atoms. The summed E-state index contributed by atoms with van der Waals surface area (Å²) in [5, 5.41) is 11.8. The third-order valence-electron chi connectivity index (χ3n) is 3.29. The van der Waals surface area contributed by atoms with Crippen molar-refractivity contribution in [2.75, 3.05) is 6.54 Å². The molecule has 94 valence electrons. The number of nitrogens with one attached hydrogen (secondary N) is 2. The number of aromatic amines is 1. The van der Waals surface area contributed by atoms with E-state index < -0.39 is 0 Å². The fourth-order valence-electron chi connectivity index (χ4n) is 2.35. The van der Waals surface area contributed by atoms with E-state index in [1.54, 1.807) is 12.4 Å². The number of fused-ring (bicyclic) bond motifs is 1.